The number of anilines is 2. The Hall–Kier alpha value is -2.88. The molecular formula is C13H14N6O. The van der Waals surface area contributed by atoms with Crippen LogP contribution in [0, 0.1) is 16.7 Å². The molecule has 0 saturated carbocycles. The van der Waals surface area contributed by atoms with Gasteiger partial charge in [0.05, 0.1) is 5.69 Å². The summed E-state index contributed by atoms with van der Waals surface area (Å²) >= 11 is 0. The largest absolute Gasteiger partial charge is 0.382 e. The van der Waals surface area contributed by atoms with Crippen molar-refractivity contribution < 1.29 is 4.79 Å². The van der Waals surface area contributed by atoms with E-state index in [9.17, 15) is 4.79 Å². The number of nitrogens with zero attached hydrogens (tertiary/aromatic N) is 3. The maximum atomic E-state index is 11.7. The molecule has 1 aromatic carbocycles. The van der Waals surface area contributed by atoms with Crippen molar-refractivity contribution in [2.45, 2.75) is 12.8 Å². The summed E-state index contributed by atoms with van der Waals surface area (Å²) in [4.78, 5) is 13.4. The number of hydrazone groups is 1. The normalized spacial score (nSPS) is 15.1. The minimum Gasteiger partial charge on any atom is -0.382 e. The van der Waals surface area contributed by atoms with Gasteiger partial charge in [0, 0.05) is 18.7 Å². The fourth-order valence-electron chi connectivity index (χ4n) is 1.93. The number of carbonyl (C=O) groups is 1. The van der Waals surface area contributed by atoms with Crippen LogP contribution < -0.4 is 16.1 Å². The van der Waals surface area contributed by atoms with Crippen LogP contribution >= 0.6 is 0 Å². The van der Waals surface area contributed by atoms with Crippen molar-refractivity contribution in [3.05, 3.63) is 24.3 Å². The van der Waals surface area contributed by atoms with Crippen LogP contribution in [0.5, 0.6) is 0 Å². The third-order valence-corrected chi connectivity index (χ3v) is 2.89. The highest BCUT2D eigenvalue weighted by Crippen LogP contribution is 2.24. The molecule has 0 atom stereocenters. The standard InChI is InChI=1S/C13H14N6O/c14-8-11(13(15)16)18-17-9-3-1-4-10(7-9)19-6-2-5-12(19)20/h1,3-4,7,17H,2,5-6H2,(H3,15,16)/b18-11+. The molecule has 7 heteroatoms. The molecular weight excluding hydrogens is 256 g/mol. The molecule has 2 rings (SSSR count). The maximum absolute atomic E-state index is 11.7. The van der Waals surface area contributed by atoms with Gasteiger partial charge in [0.1, 0.15) is 6.07 Å². The SMILES string of the molecule is N#C/C(=N\Nc1cccc(N2CCCC2=O)c1)C(=N)N. The average molecular weight is 270 g/mol. The zero-order valence-electron chi connectivity index (χ0n) is 10.8. The number of amides is 1. The highest BCUT2D eigenvalue weighted by atomic mass is 16.2. The van der Waals surface area contributed by atoms with Gasteiger partial charge >= 0.3 is 0 Å². The number of nitrogens with one attached hydrogen (secondary N) is 2. The van der Waals surface area contributed by atoms with Crippen LogP contribution in [0.4, 0.5) is 11.4 Å². The summed E-state index contributed by atoms with van der Waals surface area (Å²) in [6, 6.07) is 8.87. The zero-order chi connectivity index (χ0) is 14.5. The molecule has 1 aliphatic heterocycles. The Labute approximate surface area is 116 Å². The Morgan fingerprint density at radius 3 is 2.95 bits per heavy atom. The molecule has 0 spiro atoms. The first-order chi connectivity index (χ1) is 9.61. The van der Waals surface area contributed by atoms with Gasteiger partial charge in [-0.15, -0.1) is 0 Å². The third kappa shape index (κ3) is 2.92. The van der Waals surface area contributed by atoms with Crippen molar-refractivity contribution in [2.24, 2.45) is 10.8 Å². The first-order valence-corrected chi connectivity index (χ1v) is 6.10. The van der Waals surface area contributed by atoms with Crippen molar-refractivity contribution in [2.75, 3.05) is 16.9 Å². The molecule has 1 saturated heterocycles. The summed E-state index contributed by atoms with van der Waals surface area (Å²) < 4.78 is 0. The van der Waals surface area contributed by atoms with Gasteiger partial charge in [0.25, 0.3) is 0 Å². The number of nitriles is 1. The Balaban J connectivity index is 2.16. The van der Waals surface area contributed by atoms with Gasteiger partial charge in [-0.3, -0.25) is 15.6 Å². The van der Waals surface area contributed by atoms with Crippen molar-refractivity contribution in [1.82, 2.24) is 0 Å². The van der Waals surface area contributed by atoms with Gasteiger partial charge in [-0.1, -0.05) is 6.07 Å². The molecule has 20 heavy (non-hydrogen) atoms. The molecule has 0 aliphatic carbocycles. The second-order valence-corrected chi connectivity index (χ2v) is 4.30. The van der Waals surface area contributed by atoms with Crippen LogP contribution in [-0.4, -0.2) is 24.0 Å². The fourth-order valence-corrected chi connectivity index (χ4v) is 1.93. The molecule has 102 valence electrons. The number of hydrogen-bond donors (Lipinski definition) is 3. The summed E-state index contributed by atoms with van der Waals surface area (Å²) in [5, 5.41) is 19.6. The summed E-state index contributed by atoms with van der Waals surface area (Å²) in [7, 11) is 0. The lowest BCUT2D eigenvalue weighted by Crippen LogP contribution is -2.23. The molecule has 0 aromatic heterocycles. The maximum Gasteiger partial charge on any atom is 0.227 e. The second-order valence-electron chi connectivity index (χ2n) is 4.30. The van der Waals surface area contributed by atoms with E-state index >= 15 is 0 Å². The van der Waals surface area contributed by atoms with E-state index < -0.39 is 5.84 Å². The van der Waals surface area contributed by atoms with Gasteiger partial charge < -0.3 is 10.6 Å². The number of hydrogen-bond acceptors (Lipinski definition) is 5. The van der Waals surface area contributed by atoms with E-state index in [2.05, 4.69) is 10.5 Å². The van der Waals surface area contributed by atoms with Crippen molar-refractivity contribution in [3.8, 4) is 6.07 Å². The Kier molecular flexibility index (Phi) is 3.96. The fraction of sp³-hybridized carbons (Fsp3) is 0.231. The number of benzene rings is 1. The monoisotopic (exact) mass is 270 g/mol. The van der Waals surface area contributed by atoms with Crippen molar-refractivity contribution in [1.29, 1.82) is 10.7 Å². The first kappa shape index (κ1) is 13.5. The number of rotatable bonds is 4. The Morgan fingerprint density at radius 2 is 2.35 bits per heavy atom. The second kappa shape index (κ2) is 5.84. The lowest BCUT2D eigenvalue weighted by Gasteiger charge is -2.16. The minimum atomic E-state index is -0.397. The molecule has 1 fully saturated rings. The predicted molar refractivity (Wildman–Crippen MR) is 76.6 cm³/mol. The summed E-state index contributed by atoms with van der Waals surface area (Å²) in [5.74, 6) is -0.294. The van der Waals surface area contributed by atoms with Gasteiger partial charge in [-0.05, 0) is 24.6 Å². The smallest absolute Gasteiger partial charge is 0.227 e. The van der Waals surface area contributed by atoms with E-state index in [-0.39, 0.29) is 11.6 Å². The molecule has 4 N–H and O–H groups in total. The van der Waals surface area contributed by atoms with Crippen LogP contribution in [-0.2, 0) is 4.79 Å². The molecule has 1 amide bonds. The molecule has 7 nitrogen and oxygen atoms in total. The molecule has 1 aliphatic rings. The molecule has 0 radical (unpaired) electrons. The van der Waals surface area contributed by atoms with E-state index in [1.54, 1.807) is 29.2 Å². The van der Waals surface area contributed by atoms with Gasteiger partial charge in [0.2, 0.25) is 11.6 Å². The van der Waals surface area contributed by atoms with Gasteiger partial charge in [0.15, 0.2) is 5.84 Å². The topological polar surface area (TPSA) is 118 Å². The quantitative estimate of drug-likeness (QED) is 0.430. The predicted octanol–water partition coefficient (Wildman–Crippen LogP) is 1.04. The Bertz CT molecular complexity index is 616. The van der Waals surface area contributed by atoms with E-state index in [4.69, 9.17) is 16.4 Å². The van der Waals surface area contributed by atoms with Crippen molar-refractivity contribution >= 4 is 28.8 Å². The average Bonchev–Trinajstić information content (AvgIpc) is 2.86. The molecule has 1 heterocycles. The van der Waals surface area contributed by atoms with E-state index in [1.165, 1.54) is 0 Å². The Morgan fingerprint density at radius 1 is 1.55 bits per heavy atom. The lowest BCUT2D eigenvalue weighted by molar-refractivity contribution is -0.117. The first-order valence-electron chi connectivity index (χ1n) is 6.10. The molecule has 0 unspecified atom stereocenters. The minimum absolute atomic E-state index is 0.104. The van der Waals surface area contributed by atoms with Gasteiger partial charge in [-0.2, -0.15) is 10.4 Å². The lowest BCUT2D eigenvalue weighted by atomic mass is 10.2. The summed E-state index contributed by atoms with van der Waals surface area (Å²) in [6.07, 6.45) is 1.43. The number of amidine groups is 1. The summed E-state index contributed by atoms with van der Waals surface area (Å²) in [5.41, 5.74) is 9.08. The van der Waals surface area contributed by atoms with Crippen LogP contribution in [0.2, 0.25) is 0 Å². The van der Waals surface area contributed by atoms with E-state index in [0.717, 1.165) is 12.1 Å². The highest BCUT2D eigenvalue weighted by Gasteiger charge is 2.21. The molecule has 1 aromatic rings. The third-order valence-electron chi connectivity index (χ3n) is 2.89. The summed E-state index contributed by atoms with van der Waals surface area (Å²) in [6.45, 7) is 0.711. The zero-order valence-corrected chi connectivity index (χ0v) is 10.8. The van der Waals surface area contributed by atoms with Crippen LogP contribution in [0.3, 0.4) is 0 Å². The highest BCUT2D eigenvalue weighted by molar-refractivity contribution is 6.45. The van der Waals surface area contributed by atoms with Crippen LogP contribution in [0.15, 0.2) is 29.4 Å². The van der Waals surface area contributed by atoms with Crippen LogP contribution in [0.1, 0.15) is 12.8 Å². The van der Waals surface area contributed by atoms with Crippen molar-refractivity contribution in [3.63, 3.8) is 0 Å². The number of nitrogens with two attached hydrogens (primary N) is 1. The number of carbonyl (C=O) groups excluding carboxylic acids is 1. The van der Waals surface area contributed by atoms with E-state index in [1.807, 2.05) is 6.07 Å². The van der Waals surface area contributed by atoms with Crippen LogP contribution in [0.25, 0.3) is 0 Å². The molecule has 0 bridgehead atoms. The van der Waals surface area contributed by atoms with E-state index in [0.29, 0.717) is 18.7 Å². The van der Waals surface area contributed by atoms with Gasteiger partial charge in [-0.25, -0.2) is 0 Å².